The highest BCUT2D eigenvalue weighted by Gasteiger charge is 2.25. The lowest BCUT2D eigenvalue weighted by Crippen LogP contribution is -2.47. The third-order valence-electron chi connectivity index (χ3n) is 3.76. The van der Waals surface area contributed by atoms with Crippen LogP contribution >= 0.6 is 0 Å². The molecule has 25 heavy (non-hydrogen) atoms. The van der Waals surface area contributed by atoms with E-state index in [1.165, 1.54) is 0 Å². The Bertz CT molecular complexity index is 530. The zero-order chi connectivity index (χ0) is 18.8. The minimum absolute atomic E-state index is 0.195. The number of nitrogens with one attached hydrogen (secondary N) is 3. The molecule has 0 aromatic rings. The van der Waals surface area contributed by atoms with Crippen LogP contribution < -0.4 is 27.4 Å². The molecule has 11 nitrogen and oxygen atoms in total. The predicted molar refractivity (Wildman–Crippen MR) is 86.6 cm³/mol. The van der Waals surface area contributed by atoms with Crippen molar-refractivity contribution in [3.63, 3.8) is 0 Å². The van der Waals surface area contributed by atoms with Crippen molar-refractivity contribution in [3.8, 4) is 0 Å². The van der Waals surface area contributed by atoms with Gasteiger partial charge in [0.2, 0.25) is 29.5 Å². The Balaban J connectivity index is 2.19. The van der Waals surface area contributed by atoms with Crippen LogP contribution in [-0.2, 0) is 24.0 Å². The lowest BCUT2D eigenvalue weighted by Gasteiger charge is -2.30. The Kier molecular flexibility index (Phi) is 8.33. The summed E-state index contributed by atoms with van der Waals surface area (Å²) in [5.74, 6) is -2.40. The van der Waals surface area contributed by atoms with Gasteiger partial charge in [-0.2, -0.15) is 0 Å². The normalized spacial score (nSPS) is 14.5. The van der Waals surface area contributed by atoms with Crippen LogP contribution in [0.2, 0.25) is 0 Å². The van der Waals surface area contributed by atoms with Gasteiger partial charge in [-0.05, 0) is 12.8 Å². The largest absolute Gasteiger partial charge is 0.369 e. The first-order valence-corrected chi connectivity index (χ1v) is 7.90. The van der Waals surface area contributed by atoms with E-state index in [0.29, 0.717) is 25.9 Å². The first kappa shape index (κ1) is 20.4. The number of hydrogen-bond donors (Lipinski definition) is 5. The molecule has 0 aromatic heterocycles. The van der Waals surface area contributed by atoms with Gasteiger partial charge in [0.15, 0.2) is 0 Å². The third kappa shape index (κ3) is 7.61. The van der Waals surface area contributed by atoms with Crippen molar-refractivity contribution in [1.29, 1.82) is 0 Å². The second-order valence-electron chi connectivity index (χ2n) is 5.59. The summed E-state index contributed by atoms with van der Waals surface area (Å²) in [4.78, 5) is 58.5. The number of nitrogens with zero attached hydrogens (tertiary/aromatic N) is 1. The molecule has 0 atom stereocenters. The van der Waals surface area contributed by atoms with Gasteiger partial charge in [0.1, 0.15) is 0 Å². The highest BCUT2D eigenvalue weighted by atomic mass is 16.2. The standard InChI is InChI=1S/C14H24N6O5/c15-5-10(21)17-6-11(22)18-7-12(23)19-8-13(24)20-3-1-9(2-4-20)14(16)25/h9H,1-8,15H2,(H2,16,25)(H,17,21)(H,18,22)(H,19,23). The summed E-state index contributed by atoms with van der Waals surface area (Å²) in [6.07, 6.45) is 1.03. The molecular weight excluding hydrogens is 332 g/mol. The van der Waals surface area contributed by atoms with Crippen LogP contribution in [-0.4, -0.2) is 73.7 Å². The van der Waals surface area contributed by atoms with Crippen molar-refractivity contribution < 1.29 is 24.0 Å². The molecule has 0 unspecified atom stereocenters. The van der Waals surface area contributed by atoms with E-state index in [0.717, 1.165) is 0 Å². The van der Waals surface area contributed by atoms with Gasteiger partial charge in [0.25, 0.3) is 0 Å². The van der Waals surface area contributed by atoms with E-state index in [2.05, 4.69) is 16.0 Å². The Morgan fingerprint density at radius 1 is 0.840 bits per heavy atom. The molecular formula is C14H24N6O5. The van der Waals surface area contributed by atoms with E-state index in [1.807, 2.05) is 0 Å². The number of amides is 5. The van der Waals surface area contributed by atoms with E-state index in [9.17, 15) is 24.0 Å². The number of nitrogens with two attached hydrogens (primary N) is 2. The van der Waals surface area contributed by atoms with Crippen molar-refractivity contribution in [3.05, 3.63) is 0 Å². The van der Waals surface area contributed by atoms with Crippen molar-refractivity contribution in [2.75, 3.05) is 39.3 Å². The number of primary amides is 1. The molecule has 1 saturated heterocycles. The maximum Gasteiger partial charge on any atom is 0.241 e. The van der Waals surface area contributed by atoms with Crippen LogP contribution in [0.25, 0.3) is 0 Å². The van der Waals surface area contributed by atoms with E-state index in [-0.39, 0.29) is 43.9 Å². The number of rotatable bonds is 8. The molecule has 0 radical (unpaired) electrons. The summed E-state index contributed by atoms with van der Waals surface area (Å²) >= 11 is 0. The number of likely N-dealkylation sites (tertiary alicyclic amines) is 1. The van der Waals surface area contributed by atoms with E-state index < -0.39 is 17.7 Å². The molecule has 7 N–H and O–H groups in total. The summed E-state index contributed by atoms with van der Waals surface area (Å²) < 4.78 is 0. The van der Waals surface area contributed by atoms with Gasteiger partial charge in [0, 0.05) is 19.0 Å². The Morgan fingerprint density at radius 2 is 1.32 bits per heavy atom. The molecule has 5 amide bonds. The van der Waals surface area contributed by atoms with Gasteiger partial charge in [-0.15, -0.1) is 0 Å². The van der Waals surface area contributed by atoms with Gasteiger partial charge < -0.3 is 32.3 Å². The van der Waals surface area contributed by atoms with Gasteiger partial charge in [-0.3, -0.25) is 24.0 Å². The maximum absolute atomic E-state index is 12.0. The topological polar surface area (TPSA) is 177 Å². The summed E-state index contributed by atoms with van der Waals surface area (Å²) in [7, 11) is 0. The predicted octanol–water partition coefficient (Wildman–Crippen LogP) is -3.98. The fourth-order valence-corrected chi connectivity index (χ4v) is 2.25. The van der Waals surface area contributed by atoms with E-state index in [1.54, 1.807) is 4.90 Å². The molecule has 1 fully saturated rings. The minimum Gasteiger partial charge on any atom is -0.369 e. The van der Waals surface area contributed by atoms with Crippen LogP contribution in [0.15, 0.2) is 0 Å². The molecule has 0 aromatic carbocycles. The zero-order valence-electron chi connectivity index (χ0n) is 13.9. The Labute approximate surface area is 144 Å². The lowest BCUT2D eigenvalue weighted by molar-refractivity contribution is -0.135. The molecule has 140 valence electrons. The third-order valence-corrected chi connectivity index (χ3v) is 3.76. The quantitative estimate of drug-likeness (QED) is 0.296. The molecule has 1 aliphatic rings. The number of carbonyl (C=O) groups excluding carboxylic acids is 5. The fraction of sp³-hybridized carbons (Fsp3) is 0.643. The lowest BCUT2D eigenvalue weighted by atomic mass is 9.96. The Morgan fingerprint density at radius 3 is 1.80 bits per heavy atom. The summed E-state index contributed by atoms with van der Waals surface area (Å²) in [5.41, 5.74) is 10.3. The van der Waals surface area contributed by atoms with Crippen molar-refractivity contribution >= 4 is 29.5 Å². The van der Waals surface area contributed by atoms with Gasteiger partial charge in [-0.25, -0.2) is 0 Å². The molecule has 0 aliphatic carbocycles. The first-order chi connectivity index (χ1) is 11.8. The average Bonchev–Trinajstić information content (AvgIpc) is 2.62. The number of piperidine rings is 1. The molecule has 1 aliphatic heterocycles. The maximum atomic E-state index is 12.0. The second-order valence-corrected chi connectivity index (χ2v) is 5.59. The zero-order valence-corrected chi connectivity index (χ0v) is 13.9. The van der Waals surface area contributed by atoms with Crippen molar-refractivity contribution in [2.24, 2.45) is 17.4 Å². The van der Waals surface area contributed by atoms with Crippen molar-refractivity contribution in [1.82, 2.24) is 20.9 Å². The SMILES string of the molecule is NCC(=O)NCC(=O)NCC(=O)NCC(=O)N1CCC(C(N)=O)CC1. The van der Waals surface area contributed by atoms with Crippen LogP contribution in [0, 0.1) is 5.92 Å². The molecule has 0 spiro atoms. The molecule has 0 saturated carbocycles. The van der Waals surface area contributed by atoms with Crippen LogP contribution in [0.4, 0.5) is 0 Å². The van der Waals surface area contributed by atoms with Gasteiger partial charge in [0.05, 0.1) is 26.2 Å². The highest BCUT2D eigenvalue weighted by molar-refractivity contribution is 5.90. The molecule has 1 heterocycles. The smallest absolute Gasteiger partial charge is 0.241 e. The number of carbonyl (C=O) groups is 5. The van der Waals surface area contributed by atoms with E-state index in [4.69, 9.17) is 11.5 Å². The van der Waals surface area contributed by atoms with Crippen LogP contribution in [0.1, 0.15) is 12.8 Å². The molecule has 0 bridgehead atoms. The molecule has 11 heteroatoms. The van der Waals surface area contributed by atoms with Gasteiger partial charge in [-0.1, -0.05) is 0 Å². The Hall–Kier alpha value is -2.69. The average molecular weight is 356 g/mol. The minimum atomic E-state index is -0.545. The van der Waals surface area contributed by atoms with Gasteiger partial charge >= 0.3 is 0 Å². The summed E-state index contributed by atoms with van der Waals surface area (Å²) in [6.45, 7) is -0.183. The van der Waals surface area contributed by atoms with Crippen LogP contribution in [0.3, 0.4) is 0 Å². The monoisotopic (exact) mass is 356 g/mol. The summed E-state index contributed by atoms with van der Waals surface area (Å²) in [6, 6.07) is 0. The first-order valence-electron chi connectivity index (χ1n) is 7.90. The molecule has 1 rings (SSSR count). The van der Waals surface area contributed by atoms with Crippen LogP contribution in [0.5, 0.6) is 0 Å². The second kappa shape index (κ2) is 10.2. The highest BCUT2D eigenvalue weighted by Crippen LogP contribution is 2.16. The van der Waals surface area contributed by atoms with Crippen molar-refractivity contribution in [2.45, 2.75) is 12.8 Å². The summed E-state index contributed by atoms with van der Waals surface area (Å²) in [5, 5.41) is 6.96. The van der Waals surface area contributed by atoms with E-state index >= 15 is 0 Å². The fourth-order valence-electron chi connectivity index (χ4n) is 2.25. The number of hydrogen-bond acceptors (Lipinski definition) is 6.